The van der Waals surface area contributed by atoms with Gasteiger partial charge in [-0.1, -0.05) is 23.9 Å². The van der Waals surface area contributed by atoms with Crippen LogP contribution in [0.2, 0.25) is 0 Å². The fourth-order valence-corrected chi connectivity index (χ4v) is 3.03. The minimum absolute atomic E-state index is 0.0959. The van der Waals surface area contributed by atoms with Crippen LogP contribution in [0, 0.1) is 5.82 Å². The zero-order valence-electron chi connectivity index (χ0n) is 12.7. The molecule has 0 amide bonds. The van der Waals surface area contributed by atoms with Crippen LogP contribution in [0.25, 0.3) is 5.69 Å². The number of benzene rings is 2. The number of methoxy groups -OCH3 is 1. The SMILES string of the molecule is COc1ccc(-n2nnnc2SC(C)c2ccc(F)cc2)cc1. The molecule has 0 aliphatic rings. The Hall–Kier alpha value is -2.41. The van der Waals surface area contributed by atoms with Crippen LogP contribution in [0.4, 0.5) is 4.39 Å². The lowest BCUT2D eigenvalue weighted by Crippen LogP contribution is -2.00. The van der Waals surface area contributed by atoms with Gasteiger partial charge in [0.25, 0.3) is 0 Å². The van der Waals surface area contributed by atoms with E-state index in [0.717, 1.165) is 17.0 Å². The Balaban J connectivity index is 1.81. The van der Waals surface area contributed by atoms with Crippen LogP contribution >= 0.6 is 11.8 Å². The summed E-state index contributed by atoms with van der Waals surface area (Å²) in [5.41, 5.74) is 1.87. The van der Waals surface area contributed by atoms with Crippen molar-refractivity contribution in [3.8, 4) is 11.4 Å². The van der Waals surface area contributed by atoms with E-state index >= 15 is 0 Å². The van der Waals surface area contributed by atoms with Crippen molar-refractivity contribution in [2.75, 3.05) is 7.11 Å². The van der Waals surface area contributed by atoms with Crippen LogP contribution in [-0.4, -0.2) is 27.3 Å². The minimum atomic E-state index is -0.242. The Labute approximate surface area is 137 Å². The minimum Gasteiger partial charge on any atom is -0.497 e. The second-order valence-corrected chi connectivity index (χ2v) is 6.19. The topological polar surface area (TPSA) is 52.8 Å². The summed E-state index contributed by atoms with van der Waals surface area (Å²) < 4.78 is 19.8. The predicted molar refractivity (Wildman–Crippen MR) is 86.4 cm³/mol. The predicted octanol–water partition coefficient (Wildman–Crippen LogP) is 3.66. The van der Waals surface area contributed by atoms with Crippen LogP contribution in [0.3, 0.4) is 0 Å². The molecule has 1 unspecified atom stereocenters. The zero-order chi connectivity index (χ0) is 16.2. The molecule has 0 N–H and O–H groups in total. The summed E-state index contributed by atoms with van der Waals surface area (Å²) in [6.07, 6.45) is 0. The van der Waals surface area contributed by atoms with E-state index in [9.17, 15) is 4.39 Å². The van der Waals surface area contributed by atoms with Gasteiger partial charge in [0, 0.05) is 5.25 Å². The highest BCUT2D eigenvalue weighted by atomic mass is 32.2. The summed E-state index contributed by atoms with van der Waals surface area (Å²) in [7, 11) is 1.62. The molecule has 0 saturated carbocycles. The number of ether oxygens (including phenoxy) is 1. The molecule has 0 aliphatic carbocycles. The van der Waals surface area contributed by atoms with E-state index in [2.05, 4.69) is 15.5 Å². The van der Waals surface area contributed by atoms with E-state index < -0.39 is 0 Å². The van der Waals surface area contributed by atoms with Crippen molar-refractivity contribution in [2.45, 2.75) is 17.3 Å². The van der Waals surface area contributed by atoms with E-state index in [1.54, 1.807) is 23.9 Å². The number of nitrogens with zero attached hydrogens (tertiary/aromatic N) is 4. The second kappa shape index (κ2) is 6.78. The Kier molecular flexibility index (Phi) is 4.57. The van der Waals surface area contributed by atoms with Gasteiger partial charge in [0.1, 0.15) is 11.6 Å². The molecule has 0 saturated heterocycles. The standard InChI is InChI=1S/C16H15FN4OS/c1-11(12-3-5-13(17)6-4-12)23-16-18-19-20-21(16)14-7-9-15(22-2)10-8-14/h3-11H,1-2H3. The monoisotopic (exact) mass is 330 g/mol. The summed E-state index contributed by atoms with van der Waals surface area (Å²) in [4.78, 5) is 0. The van der Waals surface area contributed by atoms with Crippen LogP contribution in [0.1, 0.15) is 17.7 Å². The average molecular weight is 330 g/mol. The van der Waals surface area contributed by atoms with Crippen molar-refractivity contribution in [2.24, 2.45) is 0 Å². The summed E-state index contributed by atoms with van der Waals surface area (Å²) in [6, 6.07) is 14.0. The van der Waals surface area contributed by atoms with Crippen molar-refractivity contribution in [1.82, 2.24) is 20.2 Å². The molecular weight excluding hydrogens is 315 g/mol. The molecule has 0 radical (unpaired) electrons. The van der Waals surface area contributed by atoms with Gasteiger partial charge in [-0.15, -0.1) is 5.10 Å². The third-order valence-electron chi connectivity index (χ3n) is 3.38. The number of hydrogen-bond donors (Lipinski definition) is 0. The number of thioether (sulfide) groups is 1. The van der Waals surface area contributed by atoms with Crippen LogP contribution < -0.4 is 4.74 Å². The number of halogens is 1. The van der Waals surface area contributed by atoms with E-state index in [-0.39, 0.29) is 11.1 Å². The molecule has 3 aromatic rings. The Morgan fingerprint density at radius 2 is 1.78 bits per heavy atom. The molecule has 2 aromatic carbocycles. The highest BCUT2D eigenvalue weighted by molar-refractivity contribution is 7.99. The molecule has 0 bridgehead atoms. The van der Waals surface area contributed by atoms with Crippen LogP contribution in [0.5, 0.6) is 5.75 Å². The maximum Gasteiger partial charge on any atom is 0.214 e. The summed E-state index contributed by atoms with van der Waals surface area (Å²) >= 11 is 1.51. The quantitative estimate of drug-likeness (QED) is 0.668. The molecule has 0 aliphatic heterocycles. The van der Waals surface area contributed by atoms with E-state index in [0.29, 0.717) is 5.16 Å². The Morgan fingerprint density at radius 1 is 1.09 bits per heavy atom. The van der Waals surface area contributed by atoms with Gasteiger partial charge in [-0.3, -0.25) is 0 Å². The van der Waals surface area contributed by atoms with Gasteiger partial charge in [0.05, 0.1) is 12.8 Å². The Morgan fingerprint density at radius 3 is 2.43 bits per heavy atom. The van der Waals surface area contributed by atoms with Crippen molar-refractivity contribution in [1.29, 1.82) is 0 Å². The highest BCUT2D eigenvalue weighted by Gasteiger charge is 2.15. The van der Waals surface area contributed by atoms with Crippen molar-refractivity contribution < 1.29 is 9.13 Å². The van der Waals surface area contributed by atoms with Gasteiger partial charge in [-0.2, -0.15) is 4.68 Å². The summed E-state index contributed by atoms with van der Waals surface area (Å²) in [6.45, 7) is 2.03. The first kappa shape index (κ1) is 15.5. The molecule has 1 atom stereocenters. The van der Waals surface area contributed by atoms with Crippen molar-refractivity contribution >= 4 is 11.8 Å². The van der Waals surface area contributed by atoms with Gasteiger partial charge in [-0.05, 0) is 59.3 Å². The highest BCUT2D eigenvalue weighted by Crippen LogP contribution is 2.34. The van der Waals surface area contributed by atoms with E-state index in [1.165, 1.54) is 23.9 Å². The maximum absolute atomic E-state index is 13.0. The first-order chi connectivity index (χ1) is 11.2. The largest absolute Gasteiger partial charge is 0.497 e. The molecule has 1 heterocycles. The van der Waals surface area contributed by atoms with Crippen molar-refractivity contribution in [3.63, 3.8) is 0 Å². The summed E-state index contributed by atoms with van der Waals surface area (Å²) in [5, 5.41) is 12.6. The first-order valence-electron chi connectivity index (χ1n) is 7.02. The smallest absolute Gasteiger partial charge is 0.214 e. The van der Waals surface area contributed by atoms with Gasteiger partial charge < -0.3 is 4.74 Å². The fraction of sp³-hybridized carbons (Fsp3) is 0.188. The number of hydrogen-bond acceptors (Lipinski definition) is 5. The fourth-order valence-electron chi connectivity index (χ4n) is 2.10. The molecule has 7 heteroatoms. The maximum atomic E-state index is 13.0. The lowest BCUT2D eigenvalue weighted by molar-refractivity contribution is 0.414. The second-order valence-electron chi connectivity index (χ2n) is 4.88. The lowest BCUT2D eigenvalue weighted by Gasteiger charge is -2.11. The molecule has 0 spiro atoms. The van der Waals surface area contributed by atoms with Crippen LogP contribution in [-0.2, 0) is 0 Å². The number of aromatic nitrogens is 4. The van der Waals surface area contributed by atoms with E-state index in [1.807, 2.05) is 31.2 Å². The van der Waals surface area contributed by atoms with Gasteiger partial charge >= 0.3 is 0 Å². The number of tetrazole rings is 1. The Bertz CT molecular complexity index is 774. The molecule has 23 heavy (non-hydrogen) atoms. The van der Waals surface area contributed by atoms with E-state index in [4.69, 9.17) is 4.74 Å². The number of rotatable bonds is 5. The van der Waals surface area contributed by atoms with Gasteiger partial charge in [-0.25, -0.2) is 4.39 Å². The third kappa shape index (κ3) is 3.50. The summed E-state index contributed by atoms with van der Waals surface area (Å²) in [5.74, 6) is 0.532. The normalized spacial score (nSPS) is 12.1. The third-order valence-corrected chi connectivity index (χ3v) is 4.47. The average Bonchev–Trinajstić information content (AvgIpc) is 3.03. The van der Waals surface area contributed by atoms with Crippen LogP contribution in [0.15, 0.2) is 53.7 Å². The zero-order valence-corrected chi connectivity index (χ0v) is 13.5. The molecular formula is C16H15FN4OS. The lowest BCUT2D eigenvalue weighted by atomic mass is 10.2. The van der Waals surface area contributed by atoms with Gasteiger partial charge in [0.2, 0.25) is 5.16 Å². The molecule has 1 aromatic heterocycles. The first-order valence-corrected chi connectivity index (χ1v) is 7.90. The molecule has 3 rings (SSSR count). The van der Waals surface area contributed by atoms with Crippen molar-refractivity contribution in [3.05, 3.63) is 59.9 Å². The molecule has 0 fully saturated rings. The van der Waals surface area contributed by atoms with Gasteiger partial charge in [0.15, 0.2) is 0 Å². The molecule has 5 nitrogen and oxygen atoms in total. The molecule has 118 valence electrons.